The molecule has 3 nitrogen and oxygen atoms in total. The number of Topliss-reactive ketones (excluding diaryl/α,β-unsaturated/α-hetero) is 1. The number of carbonyl (C=O) groups excluding carboxylic acids is 1. The summed E-state index contributed by atoms with van der Waals surface area (Å²) in [7, 11) is 0. The van der Waals surface area contributed by atoms with Crippen LogP contribution in [-0.4, -0.2) is 16.0 Å². The number of benzene rings is 1. The van der Waals surface area contributed by atoms with Gasteiger partial charge in [0.25, 0.3) is 0 Å². The van der Waals surface area contributed by atoms with Gasteiger partial charge in [-0.3, -0.25) is 9.89 Å². The van der Waals surface area contributed by atoms with Crippen molar-refractivity contribution >= 4 is 5.78 Å². The number of hydrogen-bond donors (Lipinski definition) is 1. The van der Waals surface area contributed by atoms with Gasteiger partial charge in [0.2, 0.25) is 0 Å². The third-order valence-electron chi connectivity index (χ3n) is 5.40. The highest BCUT2D eigenvalue weighted by molar-refractivity contribution is 5.83. The molecule has 1 saturated carbocycles. The summed E-state index contributed by atoms with van der Waals surface area (Å²) in [6.07, 6.45) is 12.8. The first-order valence-corrected chi connectivity index (χ1v) is 9.88. The minimum Gasteiger partial charge on any atom is -0.299 e. The molecule has 1 aliphatic rings. The topological polar surface area (TPSA) is 45.8 Å². The number of nitrogens with zero attached hydrogens (tertiary/aromatic N) is 1. The fourth-order valence-corrected chi connectivity index (χ4v) is 3.91. The quantitative estimate of drug-likeness (QED) is 0.723. The normalized spacial score (nSPS) is 15.4. The number of hydrogen-bond acceptors (Lipinski definition) is 2. The summed E-state index contributed by atoms with van der Waals surface area (Å²) in [5, 5.41) is 7.39. The zero-order chi connectivity index (χ0) is 17.5. The van der Waals surface area contributed by atoms with Gasteiger partial charge in [0.15, 0.2) is 0 Å². The van der Waals surface area contributed by atoms with E-state index < -0.39 is 0 Å². The molecular weight excluding hydrogens is 308 g/mol. The lowest BCUT2D eigenvalue weighted by molar-refractivity contribution is -0.117. The van der Waals surface area contributed by atoms with Crippen LogP contribution in [0.1, 0.15) is 80.2 Å². The molecule has 1 fully saturated rings. The molecule has 0 spiro atoms. The van der Waals surface area contributed by atoms with Crippen molar-refractivity contribution in [3.05, 3.63) is 52.8 Å². The Kier molecular flexibility index (Phi) is 6.43. The number of rotatable bonds is 8. The SMILES string of the molecule is CCCCc1ccc(CC(=O)Cc2cn[nH]c2C2CCCCC2)cc1. The first-order valence-electron chi connectivity index (χ1n) is 9.88. The predicted octanol–water partition coefficient (Wildman–Crippen LogP) is 5.15. The molecule has 3 rings (SSSR count). The van der Waals surface area contributed by atoms with Gasteiger partial charge in [0.1, 0.15) is 5.78 Å². The second kappa shape index (κ2) is 8.98. The maximum Gasteiger partial charge on any atom is 0.141 e. The van der Waals surface area contributed by atoms with Gasteiger partial charge < -0.3 is 0 Å². The Morgan fingerprint density at radius 3 is 2.52 bits per heavy atom. The van der Waals surface area contributed by atoms with Crippen LogP contribution >= 0.6 is 0 Å². The summed E-state index contributed by atoms with van der Waals surface area (Å²) in [5.74, 6) is 0.844. The summed E-state index contributed by atoms with van der Waals surface area (Å²) in [4.78, 5) is 12.5. The molecule has 1 heterocycles. The maximum atomic E-state index is 12.5. The molecule has 134 valence electrons. The molecule has 1 N–H and O–H groups in total. The first kappa shape index (κ1) is 17.9. The molecule has 3 heteroatoms. The second-order valence-electron chi connectivity index (χ2n) is 7.46. The predicted molar refractivity (Wildman–Crippen MR) is 102 cm³/mol. The van der Waals surface area contributed by atoms with Gasteiger partial charge >= 0.3 is 0 Å². The van der Waals surface area contributed by atoms with E-state index in [-0.39, 0.29) is 5.78 Å². The third-order valence-corrected chi connectivity index (χ3v) is 5.40. The number of aryl methyl sites for hydroxylation is 1. The monoisotopic (exact) mass is 338 g/mol. The van der Waals surface area contributed by atoms with E-state index in [1.54, 1.807) is 0 Å². The zero-order valence-corrected chi connectivity index (χ0v) is 15.4. The highest BCUT2D eigenvalue weighted by Gasteiger charge is 2.21. The van der Waals surface area contributed by atoms with E-state index in [2.05, 4.69) is 41.4 Å². The second-order valence-corrected chi connectivity index (χ2v) is 7.46. The van der Waals surface area contributed by atoms with Crippen molar-refractivity contribution in [2.24, 2.45) is 0 Å². The van der Waals surface area contributed by atoms with Crippen LogP contribution in [0.2, 0.25) is 0 Å². The van der Waals surface area contributed by atoms with E-state index in [1.807, 2.05) is 6.20 Å². The molecule has 1 aliphatic carbocycles. The Morgan fingerprint density at radius 2 is 1.80 bits per heavy atom. The van der Waals surface area contributed by atoms with Gasteiger partial charge in [-0.25, -0.2) is 0 Å². The van der Waals surface area contributed by atoms with Gasteiger partial charge in [-0.05, 0) is 36.8 Å². The van der Waals surface area contributed by atoms with Crippen molar-refractivity contribution in [3.63, 3.8) is 0 Å². The smallest absolute Gasteiger partial charge is 0.141 e. The lowest BCUT2D eigenvalue weighted by atomic mass is 9.85. The molecule has 1 aromatic carbocycles. The summed E-state index contributed by atoms with van der Waals surface area (Å²) >= 11 is 0. The molecule has 0 saturated heterocycles. The van der Waals surface area contributed by atoms with Crippen molar-refractivity contribution in [1.82, 2.24) is 10.2 Å². The number of aromatic nitrogens is 2. The van der Waals surface area contributed by atoms with Crippen LogP contribution in [0.5, 0.6) is 0 Å². The van der Waals surface area contributed by atoms with Crippen molar-refractivity contribution in [2.75, 3.05) is 0 Å². The number of ketones is 1. The average Bonchev–Trinajstić information content (AvgIpc) is 3.10. The Hall–Kier alpha value is -1.90. The van der Waals surface area contributed by atoms with E-state index in [4.69, 9.17) is 0 Å². The minimum atomic E-state index is 0.278. The summed E-state index contributed by atoms with van der Waals surface area (Å²) in [6, 6.07) is 8.56. The Labute approximate surface area is 151 Å². The van der Waals surface area contributed by atoms with Crippen LogP contribution in [0.25, 0.3) is 0 Å². The van der Waals surface area contributed by atoms with E-state index >= 15 is 0 Å². The van der Waals surface area contributed by atoms with Crippen molar-refractivity contribution in [1.29, 1.82) is 0 Å². The number of aromatic amines is 1. The summed E-state index contributed by atoms with van der Waals surface area (Å²) < 4.78 is 0. The highest BCUT2D eigenvalue weighted by atomic mass is 16.1. The minimum absolute atomic E-state index is 0.278. The van der Waals surface area contributed by atoms with Crippen LogP contribution in [-0.2, 0) is 24.1 Å². The molecule has 0 bridgehead atoms. The van der Waals surface area contributed by atoms with Gasteiger partial charge in [-0.15, -0.1) is 0 Å². The van der Waals surface area contributed by atoms with Crippen molar-refractivity contribution in [2.45, 2.75) is 77.0 Å². The highest BCUT2D eigenvalue weighted by Crippen LogP contribution is 2.33. The Morgan fingerprint density at radius 1 is 1.08 bits per heavy atom. The number of unbranched alkanes of at least 4 members (excludes halogenated alkanes) is 1. The van der Waals surface area contributed by atoms with Crippen LogP contribution in [0.3, 0.4) is 0 Å². The lowest BCUT2D eigenvalue weighted by Gasteiger charge is -2.21. The summed E-state index contributed by atoms with van der Waals surface area (Å²) in [6.45, 7) is 2.21. The van der Waals surface area contributed by atoms with Gasteiger partial charge in [0.05, 0.1) is 6.20 Å². The standard InChI is InChI=1S/C22H30N2O/c1-2-3-7-17-10-12-18(13-11-17)14-21(25)15-20-16-23-24-22(20)19-8-5-4-6-9-19/h10-13,16,19H,2-9,14-15H2,1H3,(H,23,24). The average molecular weight is 338 g/mol. The molecule has 25 heavy (non-hydrogen) atoms. The van der Waals surface area contributed by atoms with Crippen LogP contribution in [0.4, 0.5) is 0 Å². The molecule has 0 aliphatic heterocycles. The summed E-state index contributed by atoms with van der Waals surface area (Å²) in [5.41, 5.74) is 4.81. The van der Waals surface area contributed by atoms with E-state index in [0.717, 1.165) is 17.5 Å². The lowest BCUT2D eigenvalue weighted by Crippen LogP contribution is -2.11. The van der Waals surface area contributed by atoms with Gasteiger partial charge in [-0.1, -0.05) is 56.9 Å². The molecule has 1 aromatic heterocycles. The van der Waals surface area contributed by atoms with Crippen LogP contribution < -0.4 is 0 Å². The van der Waals surface area contributed by atoms with Crippen molar-refractivity contribution < 1.29 is 4.79 Å². The Balaban J connectivity index is 1.57. The molecule has 2 aromatic rings. The first-order chi connectivity index (χ1) is 12.3. The molecule has 0 amide bonds. The number of carbonyl (C=O) groups is 1. The largest absolute Gasteiger partial charge is 0.299 e. The van der Waals surface area contributed by atoms with Gasteiger partial charge in [0, 0.05) is 30.0 Å². The fraction of sp³-hybridized carbons (Fsp3) is 0.545. The fourth-order valence-electron chi connectivity index (χ4n) is 3.91. The van der Waals surface area contributed by atoms with Crippen molar-refractivity contribution in [3.8, 4) is 0 Å². The van der Waals surface area contributed by atoms with Gasteiger partial charge in [-0.2, -0.15) is 5.10 Å². The van der Waals surface area contributed by atoms with E-state index in [9.17, 15) is 4.79 Å². The maximum absolute atomic E-state index is 12.5. The van der Waals surface area contributed by atoms with Crippen LogP contribution in [0.15, 0.2) is 30.5 Å². The van der Waals surface area contributed by atoms with E-state index in [0.29, 0.717) is 18.8 Å². The number of nitrogens with one attached hydrogen (secondary N) is 1. The van der Waals surface area contributed by atoms with Crippen LogP contribution in [0, 0.1) is 0 Å². The molecule has 0 unspecified atom stereocenters. The molecule has 0 radical (unpaired) electrons. The molecular formula is C22H30N2O. The Bertz CT molecular complexity index is 666. The molecule has 0 atom stereocenters. The van der Waals surface area contributed by atoms with E-state index in [1.165, 1.54) is 56.2 Å². The third kappa shape index (κ3) is 5.04. The zero-order valence-electron chi connectivity index (χ0n) is 15.4. The number of H-pyrrole nitrogens is 1.